The van der Waals surface area contributed by atoms with Gasteiger partial charge in [-0.05, 0) is 13.3 Å². The molecule has 0 aliphatic heterocycles. The second kappa shape index (κ2) is 5.62. The molecule has 0 radical (unpaired) electrons. The predicted octanol–water partition coefficient (Wildman–Crippen LogP) is 0.142. The summed E-state index contributed by atoms with van der Waals surface area (Å²) in [6.07, 6.45) is 1.83. The Morgan fingerprint density at radius 2 is 2.25 bits per heavy atom. The Morgan fingerprint density at radius 3 is 2.75 bits per heavy atom. The third-order valence-electron chi connectivity index (χ3n) is 2.31. The summed E-state index contributed by atoms with van der Waals surface area (Å²) in [6, 6.07) is 0. The quantitative estimate of drug-likeness (QED) is 0.488. The number of aliphatic hydroxyl groups excluding tert-OH is 1. The molecule has 1 unspecified atom stereocenters. The van der Waals surface area contributed by atoms with Crippen molar-refractivity contribution in [3.8, 4) is 0 Å². The summed E-state index contributed by atoms with van der Waals surface area (Å²) in [5.74, 6) is 6.82. The second-order valence-corrected chi connectivity index (χ2v) is 3.75. The molecule has 1 heterocycles. The van der Waals surface area contributed by atoms with Crippen molar-refractivity contribution in [1.29, 1.82) is 0 Å². The van der Waals surface area contributed by atoms with E-state index in [1.54, 1.807) is 6.92 Å². The highest BCUT2D eigenvalue weighted by molar-refractivity contribution is 5.57. The average molecular weight is 225 g/mol. The van der Waals surface area contributed by atoms with Gasteiger partial charge in [0.15, 0.2) is 0 Å². The van der Waals surface area contributed by atoms with Crippen molar-refractivity contribution in [2.75, 3.05) is 23.9 Å². The summed E-state index contributed by atoms with van der Waals surface area (Å²) in [7, 11) is 1.88. The molecule has 6 heteroatoms. The summed E-state index contributed by atoms with van der Waals surface area (Å²) in [5.41, 5.74) is 3.51. The van der Waals surface area contributed by atoms with Gasteiger partial charge in [-0.1, -0.05) is 6.92 Å². The highest BCUT2D eigenvalue weighted by atomic mass is 16.3. The van der Waals surface area contributed by atoms with Crippen LogP contribution in [0.1, 0.15) is 19.4 Å². The minimum atomic E-state index is -0.404. The molecular formula is C10H19N5O. The summed E-state index contributed by atoms with van der Waals surface area (Å²) in [6.45, 7) is 4.28. The fourth-order valence-corrected chi connectivity index (χ4v) is 1.66. The zero-order valence-electron chi connectivity index (χ0n) is 9.94. The van der Waals surface area contributed by atoms with Gasteiger partial charge in [-0.2, -0.15) is 0 Å². The molecule has 1 aromatic heterocycles. The lowest BCUT2D eigenvalue weighted by Crippen LogP contribution is -2.29. The normalized spacial score (nSPS) is 12.3. The van der Waals surface area contributed by atoms with Gasteiger partial charge < -0.3 is 15.4 Å². The first kappa shape index (κ1) is 12.7. The number of aliphatic hydroxyl groups is 1. The van der Waals surface area contributed by atoms with Crippen LogP contribution in [0.2, 0.25) is 0 Å². The van der Waals surface area contributed by atoms with E-state index >= 15 is 0 Å². The minimum Gasteiger partial charge on any atom is -0.392 e. The number of hydrogen-bond acceptors (Lipinski definition) is 6. The van der Waals surface area contributed by atoms with Crippen molar-refractivity contribution in [2.45, 2.75) is 26.4 Å². The Hall–Kier alpha value is -1.40. The first-order valence-corrected chi connectivity index (χ1v) is 5.29. The fourth-order valence-electron chi connectivity index (χ4n) is 1.66. The van der Waals surface area contributed by atoms with E-state index in [9.17, 15) is 5.11 Å². The highest BCUT2D eigenvalue weighted by Gasteiger charge is 2.13. The molecule has 0 saturated heterocycles. The summed E-state index contributed by atoms with van der Waals surface area (Å²) < 4.78 is 0. The lowest BCUT2D eigenvalue weighted by atomic mass is 10.2. The van der Waals surface area contributed by atoms with E-state index in [4.69, 9.17) is 5.84 Å². The first-order chi connectivity index (χ1) is 7.60. The van der Waals surface area contributed by atoms with Crippen LogP contribution < -0.4 is 16.2 Å². The molecule has 1 atom stereocenters. The van der Waals surface area contributed by atoms with E-state index in [1.807, 2.05) is 18.9 Å². The number of hydrogen-bond donors (Lipinski definition) is 3. The Bertz CT molecular complexity index is 342. The third kappa shape index (κ3) is 2.80. The second-order valence-electron chi connectivity index (χ2n) is 3.75. The number of likely N-dealkylation sites (N-methyl/N-ethyl adjacent to an activating group) is 1. The smallest absolute Gasteiger partial charge is 0.148 e. The van der Waals surface area contributed by atoms with E-state index in [1.165, 1.54) is 6.33 Å². The van der Waals surface area contributed by atoms with Crippen molar-refractivity contribution in [3.63, 3.8) is 0 Å². The van der Waals surface area contributed by atoms with Crippen LogP contribution in [-0.4, -0.2) is 34.8 Å². The van der Waals surface area contributed by atoms with Crippen molar-refractivity contribution in [3.05, 3.63) is 11.9 Å². The number of aromatic nitrogens is 2. The molecule has 90 valence electrons. The standard InChI is InChI=1S/C10H19N5O/c1-4-8-9(14-11)12-6-13-10(8)15(3)5-7(2)16/h6-7,16H,4-5,11H2,1-3H3,(H,12,13,14). The largest absolute Gasteiger partial charge is 0.392 e. The number of hydrazine groups is 1. The van der Waals surface area contributed by atoms with Gasteiger partial charge in [0.05, 0.1) is 6.10 Å². The maximum atomic E-state index is 9.35. The van der Waals surface area contributed by atoms with Gasteiger partial charge in [-0.3, -0.25) is 0 Å². The molecule has 0 spiro atoms. The van der Waals surface area contributed by atoms with Gasteiger partial charge in [0.1, 0.15) is 18.0 Å². The summed E-state index contributed by atoms with van der Waals surface area (Å²) in [5, 5.41) is 9.35. The van der Waals surface area contributed by atoms with Gasteiger partial charge in [0.2, 0.25) is 0 Å². The molecule has 1 rings (SSSR count). The van der Waals surface area contributed by atoms with Crippen LogP contribution in [0.4, 0.5) is 11.6 Å². The summed E-state index contributed by atoms with van der Waals surface area (Å²) >= 11 is 0. The molecule has 6 nitrogen and oxygen atoms in total. The van der Waals surface area contributed by atoms with Crippen molar-refractivity contribution in [1.82, 2.24) is 9.97 Å². The first-order valence-electron chi connectivity index (χ1n) is 5.29. The van der Waals surface area contributed by atoms with Crippen LogP contribution in [0.3, 0.4) is 0 Å². The third-order valence-corrected chi connectivity index (χ3v) is 2.31. The van der Waals surface area contributed by atoms with Crippen LogP contribution in [0.15, 0.2) is 6.33 Å². The monoisotopic (exact) mass is 225 g/mol. The van der Waals surface area contributed by atoms with E-state index in [2.05, 4.69) is 15.4 Å². The average Bonchev–Trinajstić information content (AvgIpc) is 2.26. The number of rotatable bonds is 5. The number of anilines is 2. The molecule has 0 saturated carbocycles. The lowest BCUT2D eigenvalue weighted by Gasteiger charge is -2.22. The molecule has 1 aromatic rings. The molecule has 0 aliphatic rings. The Labute approximate surface area is 95.5 Å². The molecule has 0 fully saturated rings. The minimum absolute atomic E-state index is 0.404. The van der Waals surface area contributed by atoms with Crippen molar-refractivity contribution >= 4 is 11.6 Å². The van der Waals surface area contributed by atoms with Gasteiger partial charge >= 0.3 is 0 Å². The van der Waals surface area contributed by atoms with E-state index in [0.717, 1.165) is 17.8 Å². The molecule has 0 aliphatic carbocycles. The zero-order valence-corrected chi connectivity index (χ0v) is 9.94. The van der Waals surface area contributed by atoms with Gasteiger partial charge in [-0.25, -0.2) is 15.8 Å². The van der Waals surface area contributed by atoms with Crippen LogP contribution in [0.25, 0.3) is 0 Å². The van der Waals surface area contributed by atoms with Gasteiger partial charge in [0, 0.05) is 19.2 Å². The van der Waals surface area contributed by atoms with Crippen molar-refractivity contribution in [2.24, 2.45) is 5.84 Å². The molecular weight excluding hydrogens is 206 g/mol. The van der Waals surface area contributed by atoms with Crippen LogP contribution in [-0.2, 0) is 6.42 Å². The van der Waals surface area contributed by atoms with Crippen molar-refractivity contribution < 1.29 is 5.11 Å². The summed E-state index contributed by atoms with van der Waals surface area (Å²) in [4.78, 5) is 10.2. The van der Waals surface area contributed by atoms with Gasteiger partial charge in [0.25, 0.3) is 0 Å². The SMILES string of the molecule is CCc1c(NN)ncnc1N(C)CC(C)O. The molecule has 16 heavy (non-hydrogen) atoms. The number of nitrogens with two attached hydrogens (primary N) is 1. The fraction of sp³-hybridized carbons (Fsp3) is 0.600. The Kier molecular flexibility index (Phi) is 4.45. The maximum absolute atomic E-state index is 9.35. The van der Waals surface area contributed by atoms with E-state index in [0.29, 0.717) is 12.4 Å². The Balaban J connectivity index is 3.02. The lowest BCUT2D eigenvalue weighted by molar-refractivity contribution is 0.201. The van der Waals surface area contributed by atoms with E-state index < -0.39 is 6.10 Å². The number of nitrogen functional groups attached to an aromatic ring is 1. The van der Waals surface area contributed by atoms with Gasteiger partial charge in [-0.15, -0.1) is 0 Å². The number of nitrogens with one attached hydrogen (secondary N) is 1. The zero-order chi connectivity index (χ0) is 12.1. The highest BCUT2D eigenvalue weighted by Crippen LogP contribution is 2.22. The van der Waals surface area contributed by atoms with Crippen LogP contribution in [0.5, 0.6) is 0 Å². The molecule has 0 bridgehead atoms. The number of nitrogens with zero attached hydrogens (tertiary/aromatic N) is 3. The van der Waals surface area contributed by atoms with Crippen LogP contribution in [0, 0.1) is 0 Å². The van der Waals surface area contributed by atoms with E-state index in [-0.39, 0.29) is 0 Å². The topological polar surface area (TPSA) is 87.3 Å². The molecule has 0 amide bonds. The molecule has 4 N–H and O–H groups in total. The Morgan fingerprint density at radius 1 is 1.56 bits per heavy atom. The predicted molar refractivity (Wildman–Crippen MR) is 64.2 cm³/mol. The maximum Gasteiger partial charge on any atom is 0.148 e. The van der Waals surface area contributed by atoms with Crippen LogP contribution >= 0.6 is 0 Å². The molecule has 0 aromatic carbocycles.